The number of furan rings is 1. The van der Waals surface area contributed by atoms with E-state index in [1.165, 1.54) is 0 Å². The van der Waals surface area contributed by atoms with Crippen LogP contribution in [0.3, 0.4) is 0 Å². The van der Waals surface area contributed by atoms with E-state index < -0.39 is 0 Å². The highest BCUT2D eigenvalue weighted by Crippen LogP contribution is 2.36. The molecule has 0 aliphatic carbocycles. The van der Waals surface area contributed by atoms with Crippen LogP contribution in [0, 0.1) is 6.92 Å². The summed E-state index contributed by atoms with van der Waals surface area (Å²) in [6.45, 7) is 3.97. The van der Waals surface area contributed by atoms with Gasteiger partial charge in [0.15, 0.2) is 5.76 Å². The molecule has 0 saturated carbocycles. The molecular formula is C20H23N3O5. The zero-order valence-electron chi connectivity index (χ0n) is 16.4. The molecule has 0 bridgehead atoms. The van der Waals surface area contributed by atoms with E-state index in [-0.39, 0.29) is 12.4 Å². The van der Waals surface area contributed by atoms with E-state index in [1.54, 1.807) is 25.7 Å². The molecule has 0 atom stereocenters. The number of aryl methyl sites for hydroxylation is 2. The first-order chi connectivity index (χ1) is 13.6. The van der Waals surface area contributed by atoms with Crippen molar-refractivity contribution in [1.29, 1.82) is 0 Å². The molecule has 28 heavy (non-hydrogen) atoms. The summed E-state index contributed by atoms with van der Waals surface area (Å²) in [5.74, 6) is 3.25. The van der Waals surface area contributed by atoms with E-state index in [9.17, 15) is 4.79 Å². The lowest BCUT2D eigenvalue weighted by Crippen LogP contribution is -2.10. The van der Waals surface area contributed by atoms with E-state index >= 15 is 0 Å². The summed E-state index contributed by atoms with van der Waals surface area (Å²) in [6.07, 6.45) is 0.521. The Morgan fingerprint density at radius 2 is 1.82 bits per heavy atom. The van der Waals surface area contributed by atoms with E-state index in [0.717, 1.165) is 5.76 Å². The van der Waals surface area contributed by atoms with E-state index in [4.69, 9.17) is 18.6 Å². The Hall–Kier alpha value is -3.29. The van der Waals surface area contributed by atoms with Crippen LogP contribution in [-0.4, -0.2) is 41.6 Å². The van der Waals surface area contributed by atoms with Gasteiger partial charge in [-0.25, -0.2) is 0 Å². The third kappa shape index (κ3) is 3.85. The van der Waals surface area contributed by atoms with Crippen molar-refractivity contribution < 1.29 is 23.4 Å². The highest BCUT2D eigenvalue weighted by atomic mass is 16.5. The predicted molar refractivity (Wildman–Crippen MR) is 102 cm³/mol. The van der Waals surface area contributed by atoms with Gasteiger partial charge in [-0.1, -0.05) is 6.07 Å². The second-order valence-corrected chi connectivity index (χ2v) is 6.00. The number of rotatable bonds is 8. The Kier molecular flexibility index (Phi) is 5.98. The number of methoxy groups -OCH3 is 2. The summed E-state index contributed by atoms with van der Waals surface area (Å²) in [5, 5.41) is 8.60. The molecule has 3 rings (SSSR count). The molecule has 0 aliphatic rings. The minimum absolute atomic E-state index is 0.181. The van der Waals surface area contributed by atoms with Gasteiger partial charge in [0.2, 0.25) is 5.82 Å². The number of hydrogen-bond donors (Lipinski definition) is 0. The zero-order chi connectivity index (χ0) is 20.1. The molecule has 2 heterocycles. The Bertz CT molecular complexity index is 938. The molecule has 0 spiro atoms. The molecule has 148 valence electrons. The molecule has 2 aromatic heterocycles. The second-order valence-electron chi connectivity index (χ2n) is 6.00. The van der Waals surface area contributed by atoms with Gasteiger partial charge in [0.05, 0.1) is 27.2 Å². The third-order valence-electron chi connectivity index (χ3n) is 4.17. The van der Waals surface area contributed by atoms with Crippen LogP contribution in [0.2, 0.25) is 0 Å². The standard InChI is InChI=1S/C20H23N3O5/c1-5-27-18(24)12-11-17-21-22-20(16-10-9-13(2)28-16)23(17)19-14(25-3)7-6-8-15(19)26-4/h6-10H,5,11-12H2,1-4H3. The molecule has 0 N–H and O–H groups in total. The molecule has 0 fully saturated rings. The number of para-hydroxylation sites is 1. The predicted octanol–water partition coefficient (Wildman–Crippen LogP) is 3.35. The van der Waals surface area contributed by atoms with Crippen LogP contribution in [0.5, 0.6) is 11.5 Å². The van der Waals surface area contributed by atoms with Crippen molar-refractivity contribution in [3.8, 4) is 28.8 Å². The fourth-order valence-corrected chi connectivity index (χ4v) is 2.93. The van der Waals surface area contributed by atoms with Crippen LogP contribution < -0.4 is 9.47 Å². The van der Waals surface area contributed by atoms with Gasteiger partial charge in [-0.15, -0.1) is 10.2 Å². The summed E-state index contributed by atoms with van der Waals surface area (Å²) in [5.41, 5.74) is 0.639. The molecule has 8 nitrogen and oxygen atoms in total. The topological polar surface area (TPSA) is 88.6 Å². The summed E-state index contributed by atoms with van der Waals surface area (Å²) < 4.78 is 23.7. The number of hydrogen-bond acceptors (Lipinski definition) is 7. The van der Waals surface area contributed by atoms with Crippen LogP contribution in [0.1, 0.15) is 24.9 Å². The lowest BCUT2D eigenvalue weighted by atomic mass is 10.2. The average molecular weight is 385 g/mol. The van der Waals surface area contributed by atoms with Crippen molar-refractivity contribution >= 4 is 5.97 Å². The molecule has 8 heteroatoms. The van der Waals surface area contributed by atoms with Crippen LogP contribution in [0.25, 0.3) is 17.3 Å². The summed E-state index contributed by atoms with van der Waals surface area (Å²) in [4.78, 5) is 11.8. The Morgan fingerprint density at radius 1 is 1.11 bits per heavy atom. The zero-order valence-corrected chi connectivity index (χ0v) is 16.4. The normalized spacial score (nSPS) is 10.7. The number of carbonyl (C=O) groups excluding carboxylic acids is 1. The Balaban J connectivity index is 2.14. The van der Waals surface area contributed by atoms with Gasteiger partial charge < -0.3 is 18.6 Å². The summed E-state index contributed by atoms with van der Waals surface area (Å²) >= 11 is 0. The van der Waals surface area contributed by atoms with Gasteiger partial charge in [-0.2, -0.15) is 0 Å². The van der Waals surface area contributed by atoms with Crippen LogP contribution in [-0.2, 0) is 16.0 Å². The van der Waals surface area contributed by atoms with Crippen molar-refractivity contribution in [2.75, 3.05) is 20.8 Å². The number of nitrogens with zero attached hydrogens (tertiary/aromatic N) is 3. The van der Waals surface area contributed by atoms with Gasteiger partial charge in [0.1, 0.15) is 28.8 Å². The van der Waals surface area contributed by atoms with Gasteiger partial charge in [0.25, 0.3) is 0 Å². The van der Waals surface area contributed by atoms with Gasteiger partial charge >= 0.3 is 5.97 Å². The molecule has 0 amide bonds. The van der Waals surface area contributed by atoms with Crippen LogP contribution in [0.15, 0.2) is 34.7 Å². The van der Waals surface area contributed by atoms with Crippen molar-refractivity contribution in [2.24, 2.45) is 0 Å². The minimum Gasteiger partial charge on any atom is -0.494 e. The maximum atomic E-state index is 11.8. The van der Waals surface area contributed by atoms with Gasteiger partial charge in [0, 0.05) is 6.42 Å². The van der Waals surface area contributed by atoms with E-state index in [2.05, 4.69) is 10.2 Å². The fraction of sp³-hybridized carbons (Fsp3) is 0.350. The molecule has 0 radical (unpaired) electrons. The first-order valence-corrected chi connectivity index (χ1v) is 8.97. The number of ether oxygens (including phenoxy) is 3. The van der Waals surface area contributed by atoms with Crippen LogP contribution in [0.4, 0.5) is 0 Å². The Labute approximate surface area is 163 Å². The highest BCUT2D eigenvalue weighted by molar-refractivity contribution is 5.70. The SMILES string of the molecule is CCOC(=O)CCc1nnc(-c2ccc(C)o2)n1-c1c(OC)cccc1OC. The average Bonchev–Trinajstić information content (AvgIpc) is 3.31. The fourth-order valence-electron chi connectivity index (χ4n) is 2.93. The van der Waals surface area contributed by atoms with Crippen molar-refractivity contribution in [1.82, 2.24) is 14.8 Å². The smallest absolute Gasteiger partial charge is 0.306 e. The quantitative estimate of drug-likeness (QED) is 0.549. The molecule has 0 unspecified atom stereocenters. The maximum Gasteiger partial charge on any atom is 0.306 e. The lowest BCUT2D eigenvalue weighted by Gasteiger charge is -2.16. The summed E-state index contributed by atoms with van der Waals surface area (Å²) in [7, 11) is 3.16. The minimum atomic E-state index is -0.292. The van der Waals surface area contributed by atoms with Gasteiger partial charge in [-0.05, 0) is 38.1 Å². The van der Waals surface area contributed by atoms with E-state index in [0.29, 0.717) is 47.6 Å². The number of carbonyl (C=O) groups is 1. The molecule has 0 aliphatic heterocycles. The number of benzene rings is 1. The largest absolute Gasteiger partial charge is 0.494 e. The second kappa shape index (κ2) is 8.60. The Morgan fingerprint density at radius 3 is 2.39 bits per heavy atom. The first kappa shape index (κ1) is 19.5. The van der Waals surface area contributed by atoms with E-state index in [1.807, 2.05) is 37.3 Å². The number of esters is 1. The summed E-state index contributed by atoms with van der Waals surface area (Å²) in [6, 6.07) is 9.16. The third-order valence-corrected chi connectivity index (χ3v) is 4.17. The molecule has 1 aromatic carbocycles. The van der Waals surface area contributed by atoms with Gasteiger partial charge in [-0.3, -0.25) is 9.36 Å². The van der Waals surface area contributed by atoms with Crippen LogP contribution >= 0.6 is 0 Å². The van der Waals surface area contributed by atoms with Crippen molar-refractivity contribution in [3.63, 3.8) is 0 Å². The lowest BCUT2D eigenvalue weighted by molar-refractivity contribution is -0.143. The molecule has 0 saturated heterocycles. The molecular weight excluding hydrogens is 362 g/mol. The first-order valence-electron chi connectivity index (χ1n) is 8.97. The maximum absolute atomic E-state index is 11.8. The van der Waals surface area contributed by atoms with Crippen molar-refractivity contribution in [3.05, 3.63) is 41.9 Å². The highest BCUT2D eigenvalue weighted by Gasteiger charge is 2.24. The monoisotopic (exact) mass is 385 g/mol. The number of aromatic nitrogens is 3. The van der Waals surface area contributed by atoms with Crippen molar-refractivity contribution in [2.45, 2.75) is 26.7 Å². The molecule has 3 aromatic rings.